The number of carbonyl (C=O) groups is 2. The van der Waals surface area contributed by atoms with Crippen LogP contribution in [0, 0.1) is 6.92 Å². The molecule has 0 aliphatic carbocycles. The van der Waals surface area contributed by atoms with Gasteiger partial charge in [-0.1, -0.05) is 86.1 Å². The van der Waals surface area contributed by atoms with Crippen molar-refractivity contribution in [2.24, 2.45) is 0 Å². The molecule has 1 heterocycles. The Hall–Kier alpha value is -3.66. The van der Waals surface area contributed by atoms with E-state index in [1.165, 1.54) is 10.5 Å². The number of amides is 2. The molecular weight excluding hydrogens is 408 g/mol. The molecule has 0 saturated heterocycles. The highest BCUT2D eigenvalue weighted by Gasteiger charge is 2.42. The zero-order chi connectivity index (χ0) is 23.5. The number of benzene rings is 3. The number of rotatable bonds is 7. The summed E-state index contributed by atoms with van der Waals surface area (Å²) in [6.45, 7) is 9.44. The zero-order valence-corrected chi connectivity index (χ0v) is 19.7. The summed E-state index contributed by atoms with van der Waals surface area (Å²) >= 11 is 0. The predicted molar refractivity (Wildman–Crippen MR) is 134 cm³/mol. The first kappa shape index (κ1) is 22.5. The van der Waals surface area contributed by atoms with Crippen LogP contribution >= 0.6 is 0 Å². The van der Waals surface area contributed by atoms with E-state index in [0.29, 0.717) is 36.0 Å². The first-order chi connectivity index (χ1) is 15.9. The van der Waals surface area contributed by atoms with Gasteiger partial charge in [0.25, 0.3) is 11.8 Å². The Balaban J connectivity index is 1.79. The van der Waals surface area contributed by atoms with Crippen molar-refractivity contribution in [2.75, 3.05) is 11.4 Å². The quantitative estimate of drug-likeness (QED) is 0.430. The average molecular weight is 439 g/mol. The van der Waals surface area contributed by atoms with Crippen LogP contribution < -0.4 is 4.90 Å². The number of nitrogens with zero attached hydrogens (tertiary/aromatic N) is 2. The fourth-order valence-corrected chi connectivity index (χ4v) is 4.19. The standard InChI is InChI=1S/C29H30N2O2/c1-5-30(19-22-9-7-6-8-10-22)27-26(24-13-11-21(4)12-14-24)28(32)31(29(27)33)25-17-15-23(16-18-25)20(2)3/h6-18,20H,5,19H2,1-4H3. The Kier molecular flexibility index (Phi) is 6.45. The second-order valence-corrected chi connectivity index (χ2v) is 8.78. The van der Waals surface area contributed by atoms with Crippen LogP contribution in [-0.2, 0) is 16.1 Å². The third-order valence-corrected chi connectivity index (χ3v) is 6.13. The maximum Gasteiger partial charge on any atom is 0.282 e. The molecule has 2 amide bonds. The molecule has 33 heavy (non-hydrogen) atoms. The first-order valence-corrected chi connectivity index (χ1v) is 11.5. The number of anilines is 1. The van der Waals surface area contributed by atoms with Crippen LogP contribution in [-0.4, -0.2) is 23.3 Å². The highest BCUT2D eigenvalue weighted by molar-refractivity contribution is 6.45. The molecule has 0 N–H and O–H groups in total. The summed E-state index contributed by atoms with van der Waals surface area (Å²) in [5.74, 6) is -0.171. The molecule has 3 aromatic rings. The van der Waals surface area contributed by atoms with Gasteiger partial charge in [-0.15, -0.1) is 0 Å². The number of likely N-dealkylation sites (N-methyl/N-ethyl adjacent to an activating group) is 1. The lowest BCUT2D eigenvalue weighted by atomic mass is 10.0. The number of imide groups is 1. The van der Waals surface area contributed by atoms with Gasteiger partial charge in [-0.25, -0.2) is 4.90 Å². The molecule has 0 saturated carbocycles. The molecule has 0 spiro atoms. The summed E-state index contributed by atoms with van der Waals surface area (Å²) in [6.07, 6.45) is 0. The van der Waals surface area contributed by atoms with E-state index < -0.39 is 0 Å². The van der Waals surface area contributed by atoms with Crippen LogP contribution in [0.2, 0.25) is 0 Å². The Morgan fingerprint density at radius 1 is 0.818 bits per heavy atom. The Morgan fingerprint density at radius 3 is 2.03 bits per heavy atom. The Bertz CT molecular complexity index is 1180. The van der Waals surface area contributed by atoms with Gasteiger partial charge in [0.1, 0.15) is 5.70 Å². The van der Waals surface area contributed by atoms with Crippen LogP contribution in [0.25, 0.3) is 5.57 Å². The number of hydrogen-bond acceptors (Lipinski definition) is 3. The van der Waals surface area contributed by atoms with E-state index in [1.54, 1.807) is 0 Å². The molecule has 0 radical (unpaired) electrons. The molecule has 0 atom stereocenters. The molecule has 0 aromatic heterocycles. The minimum absolute atomic E-state index is 0.273. The molecule has 0 bridgehead atoms. The third-order valence-electron chi connectivity index (χ3n) is 6.13. The molecule has 3 aromatic carbocycles. The van der Waals surface area contributed by atoms with Crippen LogP contribution in [0.4, 0.5) is 5.69 Å². The summed E-state index contributed by atoms with van der Waals surface area (Å²) in [6, 6.07) is 25.6. The van der Waals surface area contributed by atoms with E-state index in [-0.39, 0.29) is 11.8 Å². The van der Waals surface area contributed by atoms with Crippen molar-refractivity contribution >= 4 is 23.1 Å². The molecule has 4 heteroatoms. The van der Waals surface area contributed by atoms with Gasteiger partial charge in [0.2, 0.25) is 0 Å². The van der Waals surface area contributed by atoms with Crippen molar-refractivity contribution in [1.82, 2.24) is 4.90 Å². The Labute approximate surface area is 196 Å². The van der Waals surface area contributed by atoms with E-state index in [1.807, 2.05) is 97.6 Å². The van der Waals surface area contributed by atoms with Gasteiger partial charge in [0.15, 0.2) is 0 Å². The molecule has 1 aliphatic heterocycles. The van der Waals surface area contributed by atoms with Gasteiger partial charge in [0.05, 0.1) is 11.3 Å². The van der Waals surface area contributed by atoms with Crippen molar-refractivity contribution < 1.29 is 9.59 Å². The van der Waals surface area contributed by atoms with Gasteiger partial charge in [-0.05, 0) is 48.6 Å². The van der Waals surface area contributed by atoms with E-state index in [9.17, 15) is 9.59 Å². The first-order valence-electron chi connectivity index (χ1n) is 11.5. The van der Waals surface area contributed by atoms with Crippen LogP contribution in [0.1, 0.15) is 48.9 Å². The van der Waals surface area contributed by atoms with E-state index >= 15 is 0 Å². The van der Waals surface area contributed by atoms with Gasteiger partial charge < -0.3 is 4.90 Å². The molecule has 0 fully saturated rings. The number of aryl methyl sites for hydroxylation is 1. The van der Waals surface area contributed by atoms with Gasteiger partial charge in [-0.2, -0.15) is 0 Å². The maximum atomic E-state index is 13.8. The highest BCUT2D eigenvalue weighted by Crippen LogP contribution is 2.36. The van der Waals surface area contributed by atoms with Crippen molar-refractivity contribution in [3.63, 3.8) is 0 Å². The molecule has 4 nitrogen and oxygen atoms in total. The van der Waals surface area contributed by atoms with Crippen molar-refractivity contribution in [2.45, 2.75) is 40.2 Å². The van der Waals surface area contributed by atoms with Crippen LogP contribution in [0.15, 0.2) is 84.6 Å². The van der Waals surface area contributed by atoms with Crippen molar-refractivity contribution in [3.8, 4) is 0 Å². The lowest BCUT2D eigenvalue weighted by Crippen LogP contribution is -2.35. The minimum atomic E-state index is -0.275. The third kappa shape index (κ3) is 4.47. The van der Waals surface area contributed by atoms with E-state index in [0.717, 1.165) is 16.7 Å². The van der Waals surface area contributed by atoms with Crippen molar-refractivity contribution in [3.05, 3.63) is 107 Å². The van der Waals surface area contributed by atoms with Gasteiger partial charge >= 0.3 is 0 Å². The molecule has 4 rings (SSSR count). The lowest BCUT2D eigenvalue weighted by Gasteiger charge is -2.25. The van der Waals surface area contributed by atoms with E-state index in [2.05, 4.69) is 13.8 Å². The van der Waals surface area contributed by atoms with Crippen LogP contribution in [0.3, 0.4) is 0 Å². The lowest BCUT2D eigenvalue weighted by molar-refractivity contribution is -0.120. The highest BCUT2D eigenvalue weighted by atomic mass is 16.2. The second-order valence-electron chi connectivity index (χ2n) is 8.78. The summed E-state index contributed by atoms with van der Waals surface area (Å²) in [4.78, 5) is 30.8. The Morgan fingerprint density at radius 2 is 1.45 bits per heavy atom. The monoisotopic (exact) mass is 438 g/mol. The molecule has 1 aliphatic rings. The normalized spacial score (nSPS) is 13.9. The minimum Gasteiger partial charge on any atom is -0.362 e. The van der Waals surface area contributed by atoms with E-state index in [4.69, 9.17) is 0 Å². The van der Waals surface area contributed by atoms with Crippen molar-refractivity contribution in [1.29, 1.82) is 0 Å². The smallest absolute Gasteiger partial charge is 0.282 e. The number of hydrogen-bond donors (Lipinski definition) is 0. The number of carbonyl (C=O) groups excluding carboxylic acids is 2. The maximum absolute atomic E-state index is 13.8. The SMILES string of the molecule is CCN(Cc1ccccc1)C1=C(c2ccc(C)cc2)C(=O)N(c2ccc(C(C)C)cc2)C1=O. The van der Waals surface area contributed by atoms with Crippen LogP contribution in [0.5, 0.6) is 0 Å². The fraction of sp³-hybridized carbons (Fsp3) is 0.241. The molecule has 0 unspecified atom stereocenters. The zero-order valence-electron chi connectivity index (χ0n) is 19.7. The van der Waals surface area contributed by atoms with Gasteiger partial charge in [-0.3, -0.25) is 9.59 Å². The second kappa shape index (κ2) is 9.45. The summed E-state index contributed by atoms with van der Waals surface area (Å²) < 4.78 is 0. The summed E-state index contributed by atoms with van der Waals surface area (Å²) in [7, 11) is 0. The summed E-state index contributed by atoms with van der Waals surface area (Å²) in [5, 5.41) is 0. The molecular formula is C29H30N2O2. The predicted octanol–water partition coefficient (Wildman–Crippen LogP) is 5.93. The molecule has 168 valence electrons. The summed E-state index contributed by atoms with van der Waals surface area (Å²) in [5.41, 5.74) is 5.66. The largest absolute Gasteiger partial charge is 0.362 e. The average Bonchev–Trinajstić information content (AvgIpc) is 3.08. The fourth-order valence-electron chi connectivity index (χ4n) is 4.19. The van der Waals surface area contributed by atoms with Gasteiger partial charge in [0, 0.05) is 13.1 Å². The topological polar surface area (TPSA) is 40.6 Å².